The molecule has 0 heterocycles. The van der Waals surface area contributed by atoms with Gasteiger partial charge in [-0.1, -0.05) is 20.8 Å². The summed E-state index contributed by atoms with van der Waals surface area (Å²) in [5.74, 6) is 0. The van der Waals surface area contributed by atoms with Crippen molar-refractivity contribution in [1.82, 2.24) is 9.62 Å². The van der Waals surface area contributed by atoms with Crippen LogP contribution in [0, 0.1) is 0 Å². The molecule has 0 aromatic heterocycles. The fraction of sp³-hybridized carbons (Fsp3) is 0.929. The van der Waals surface area contributed by atoms with Crippen LogP contribution in [0.25, 0.3) is 0 Å². The number of halogens is 1. The average molecular weight is 394 g/mol. The van der Waals surface area contributed by atoms with E-state index in [4.69, 9.17) is 0 Å². The minimum absolute atomic E-state index is 0. The fourth-order valence-corrected chi connectivity index (χ4v) is 3.60. The topological polar surface area (TPSA) is 106 Å². The van der Waals surface area contributed by atoms with Crippen molar-refractivity contribution >= 4 is 28.7 Å². The molecule has 0 atom stereocenters. The zero-order chi connectivity index (χ0) is 17.8. The maximum Gasteiger partial charge on any atom is 0.424 e. The highest BCUT2D eigenvalue weighted by Crippen LogP contribution is 2.12. The molecule has 0 aliphatic heterocycles. The molecular weight excluding hydrogens is 358 g/mol. The number of carbonyl (C=O) groups is 1. The highest BCUT2D eigenvalue weighted by molar-refractivity contribution is 7.84. The van der Waals surface area contributed by atoms with E-state index in [9.17, 15) is 13.2 Å². The van der Waals surface area contributed by atoms with E-state index in [-0.39, 0.29) is 21.8 Å². The van der Waals surface area contributed by atoms with Crippen LogP contribution < -0.4 is 4.72 Å². The number of carbonyl (C=O) groups excluding carboxylic acids is 1. The summed E-state index contributed by atoms with van der Waals surface area (Å²) in [6.45, 7) is 16.6. The van der Waals surface area contributed by atoms with Crippen molar-refractivity contribution in [2.24, 2.45) is 0 Å². The maximum absolute atomic E-state index is 11.9. The Bertz CT molecular complexity index is 385. The lowest BCUT2D eigenvalue weighted by atomic mass is 10.5. The third-order valence-corrected chi connectivity index (χ3v) is 6.20. The highest BCUT2D eigenvalue weighted by Gasteiger charge is 2.38. The summed E-state index contributed by atoms with van der Waals surface area (Å²) in [6, 6.07) is 0. The number of hydrogen-bond donors (Lipinski definition) is 1. The summed E-state index contributed by atoms with van der Waals surface area (Å²) in [7, 11) is -2.60. The van der Waals surface area contributed by atoms with Crippen molar-refractivity contribution < 1.29 is 27.3 Å². The molecule has 0 rings (SSSR count). The van der Waals surface area contributed by atoms with Gasteiger partial charge in [-0.25, -0.2) is 8.68 Å². The molecule has 0 bridgehead atoms. The molecular formula is C14H36ClN3O5S. The van der Waals surface area contributed by atoms with Crippen LogP contribution in [0.3, 0.4) is 0 Å². The van der Waals surface area contributed by atoms with Gasteiger partial charge in [-0.2, -0.15) is 13.1 Å². The van der Waals surface area contributed by atoms with Gasteiger partial charge in [-0.15, -0.1) is 12.4 Å². The Morgan fingerprint density at radius 1 is 0.958 bits per heavy atom. The molecule has 2 N–H and O–H groups in total. The first-order valence-electron chi connectivity index (χ1n) is 7.93. The Balaban J connectivity index is -0.000000191. The van der Waals surface area contributed by atoms with Crippen LogP contribution in [0.2, 0.25) is 0 Å². The second-order valence-corrected chi connectivity index (χ2v) is 6.62. The molecule has 0 radical (unpaired) electrons. The summed E-state index contributed by atoms with van der Waals surface area (Å²) in [6.07, 6.45) is -0.951. The van der Waals surface area contributed by atoms with Gasteiger partial charge in [-0.3, -0.25) is 0 Å². The number of hydrogen-bond acceptors (Lipinski definition) is 6. The Morgan fingerprint density at radius 2 is 1.29 bits per heavy atom. The molecule has 0 aromatic rings. The molecule has 0 saturated heterocycles. The molecule has 0 fully saturated rings. The van der Waals surface area contributed by atoms with Gasteiger partial charge in [0.2, 0.25) is 0 Å². The molecule has 150 valence electrons. The van der Waals surface area contributed by atoms with Gasteiger partial charge < -0.3 is 15.1 Å². The molecule has 24 heavy (non-hydrogen) atoms. The number of ether oxygens (including phenoxy) is 1. The third kappa shape index (κ3) is 9.63. The van der Waals surface area contributed by atoms with Crippen molar-refractivity contribution in [2.75, 3.05) is 46.4 Å². The number of nitrogens with zero attached hydrogens (tertiary/aromatic N) is 2. The lowest BCUT2D eigenvalue weighted by Crippen LogP contribution is -2.58. The van der Waals surface area contributed by atoms with E-state index in [1.165, 1.54) is 19.6 Å². The highest BCUT2D eigenvalue weighted by atomic mass is 35.5. The first-order valence-corrected chi connectivity index (χ1v) is 9.37. The Hall–Kier alpha value is -0.610. The predicted molar refractivity (Wildman–Crippen MR) is 99.0 cm³/mol. The number of nitrogens with one attached hydrogen (secondary N) is 1. The summed E-state index contributed by atoms with van der Waals surface area (Å²) in [4.78, 5) is 13.3. The SMILES string of the molecule is CCN(CC)CC.CC[N+](CC)(CC)S(=O)(=O)NC(=O)OC.Cl.[OH-]. The van der Waals surface area contributed by atoms with E-state index < -0.39 is 16.3 Å². The zero-order valence-corrected chi connectivity index (χ0v) is 17.7. The van der Waals surface area contributed by atoms with Crippen molar-refractivity contribution in [3.05, 3.63) is 0 Å². The molecule has 0 spiro atoms. The molecule has 0 saturated carbocycles. The van der Waals surface area contributed by atoms with E-state index in [0.717, 1.165) is 7.11 Å². The van der Waals surface area contributed by atoms with Crippen LogP contribution in [0.1, 0.15) is 41.5 Å². The molecule has 0 aliphatic carbocycles. The van der Waals surface area contributed by atoms with Gasteiger partial charge in [0.1, 0.15) is 0 Å². The van der Waals surface area contributed by atoms with E-state index in [1.54, 1.807) is 20.8 Å². The van der Waals surface area contributed by atoms with E-state index in [2.05, 4.69) is 30.4 Å². The summed E-state index contributed by atoms with van der Waals surface area (Å²) >= 11 is 0. The fourth-order valence-electron chi connectivity index (χ4n) is 2.10. The molecule has 10 heteroatoms. The summed E-state index contributed by atoms with van der Waals surface area (Å²) in [5, 5.41) is 0. The number of methoxy groups -OCH3 is 1. The van der Waals surface area contributed by atoms with Crippen LogP contribution in [-0.4, -0.2) is 75.2 Å². The van der Waals surface area contributed by atoms with Gasteiger partial charge >= 0.3 is 16.3 Å². The average Bonchev–Trinajstić information content (AvgIpc) is 2.51. The summed E-state index contributed by atoms with van der Waals surface area (Å²) < 4.78 is 29.7. The van der Waals surface area contributed by atoms with E-state index in [0.29, 0.717) is 19.6 Å². The molecule has 1 amide bonds. The van der Waals surface area contributed by atoms with Crippen LogP contribution in [0.15, 0.2) is 0 Å². The van der Waals surface area contributed by atoms with Crippen LogP contribution in [0.4, 0.5) is 4.79 Å². The Labute approximate surface area is 154 Å². The standard InChI is InChI=1S/C8H18N2O4S.C6H15N.ClH.H2O/c1-5-10(6-2,7-3)15(12,13)9-8(11)14-4;1-4-7(5-2)6-3;;/h5-7H2,1-4H3;4-6H2,1-3H3;1H;1H2. The quantitative estimate of drug-likeness (QED) is 0.632. The molecule has 0 aromatic carbocycles. The van der Waals surface area contributed by atoms with Crippen molar-refractivity contribution in [3.63, 3.8) is 0 Å². The second kappa shape index (κ2) is 15.9. The first-order chi connectivity index (χ1) is 10.2. The second-order valence-electron chi connectivity index (χ2n) is 4.70. The number of amides is 1. The number of rotatable bonds is 8. The molecule has 0 aliphatic rings. The van der Waals surface area contributed by atoms with E-state index >= 15 is 0 Å². The van der Waals surface area contributed by atoms with Crippen molar-refractivity contribution in [1.29, 1.82) is 0 Å². The van der Waals surface area contributed by atoms with Gasteiger partial charge in [0.05, 0.1) is 26.7 Å². The van der Waals surface area contributed by atoms with E-state index in [1.807, 2.05) is 4.72 Å². The summed E-state index contributed by atoms with van der Waals surface area (Å²) in [5.41, 5.74) is 0. The minimum atomic E-state index is -3.73. The van der Waals surface area contributed by atoms with Crippen LogP contribution in [-0.2, 0) is 14.9 Å². The number of quaternary nitrogens is 1. The largest absolute Gasteiger partial charge is 0.870 e. The Morgan fingerprint density at radius 3 is 1.46 bits per heavy atom. The van der Waals surface area contributed by atoms with Crippen LogP contribution in [0.5, 0.6) is 0 Å². The predicted octanol–water partition coefficient (Wildman–Crippen LogP) is 2.06. The zero-order valence-electron chi connectivity index (χ0n) is 16.0. The van der Waals surface area contributed by atoms with Crippen molar-refractivity contribution in [3.8, 4) is 0 Å². The van der Waals surface area contributed by atoms with Gasteiger partial charge in [0, 0.05) is 0 Å². The Kier molecular flexibility index (Phi) is 20.7. The van der Waals surface area contributed by atoms with Crippen LogP contribution >= 0.6 is 12.4 Å². The maximum atomic E-state index is 11.9. The molecule has 8 nitrogen and oxygen atoms in total. The van der Waals surface area contributed by atoms with Gasteiger partial charge in [-0.05, 0) is 40.4 Å². The monoisotopic (exact) mass is 393 g/mol. The van der Waals surface area contributed by atoms with Gasteiger partial charge in [0.25, 0.3) is 0 Å². The molecule has 0 unspecified atom stereocenters. The van der Waals surface area contributed by atoms with Gasteiger partial charge in [0.15, 0.2) is 0 Å². The first kappa shape index (κ1) is 31.2. The van der Waals surface area contributed by atoms with Crippen molar-refractivity contribution in [2.45, 2.75) is 41.5 Å². The lowest BCUT2D eigenvalue weighted by molar-refractivity contribution is -0.801. The normalized spacial score (nSPS) is 10.7. The minimum Gasteiger partial charge on any atom is -0.870 e. The smallest absolute Gasteiger partial charge is 0.424 e. The third-order valence-electron chi connectivity index (χ3n) is 3.98. The lowest BCUT2D eigenvalue weighted by Gasteiger charge is -2.32.